The Kier molecular flexibility index (Phi) is 5.92. The molecule has 1 aromatic carbocycles. The van der Waals surface area contributed by atoms with E-state index in [1.807, 2.05) is 6.08 Å². The molecular weight excluding hydrogens is 448 g/mol. The lowest BCUT2D eigenvalue weighted by Gasteiger charge is -2.26. The molecule has 1 aliphatic heterocycles. The lowest BCUT2D eigenvalue weighted by molar-refractivity contribution is -0.134. The summed E-state index contributed by atoms with van der Waals surface area (Å²) in [6.45, 7) is 0.808. The molecule has 166 valence electrons. The predicted octanol–water partition coefficient (Wildman–Crippen LogP) is 4.01. The van der Waals surface area contributed by atoms with Crippen molar-refractivity contribution in [3.63, 3.8) is 0 Å². The van der Waals surface area contributed by atoms with Crippen LogP contribution in [0.1, 0.15) is 32.1 Å². The Bertz CT molecular complexity index is 1250. The van der Waals surface area contributed by atoms with Crippen LogP contribution in [0.2, 0.25) is 0 Å². The molecule has 0 saturated heterocycles. The number of aldehydes is 1. The summed E-state index contributed by atoms with van der Waals surface area (Å²) in [5.41, 5.74) is 1.20. The van der Waals surface area contributed by atoms with Crippen molar-refractivity contribution in [1.29, 1.82) is 0 Å². The number of thiophene rings is 1. The van der Waals surface area contributed by atoms with Crippen molar-refractivity contribution in [2.24, 2.45) is 0 Å². The zero-order valence-electron chi connectivity index (χ0n) is 16.5. The molecule has 0 spiro atoms. The van der Waals surface area contributed by atoms with Crippen LogP contribution in [0, 0.1) is 5.82 Å². The minimum Gasteiger partial charge on any atom is -0.337 e. The van der Waals surface area contributed by atoms with E-state index in [-0.39, 0.29) is 18.1 Å². The summed E-state index contributed by atoms with van der Waals surface area (Å²) in [6, 6.07) is 6.35. The minimum absolute atomic E-state index is 0.0526. The van der Waals surface area contributed by atoms with Crippen molar-refractivity contribution in [3.8, 4) is 0 Å². The second-order valence-electron chi connectivity index (χ2n) is 7.11. The molecule has 0 amide bonds. The highest BCUT2D eigenvalue weighted by atomic mass is 32.1. The first-order valence-electron chi connectivity index (χ1n) is 9.53. The molecule has 0 N–H and O–H groups in total. The van der Waals surface area contributed by atoms with Gasteiger partial charge in [0, 0.05) is 23.5 Å². The fourth-order valence-electron chi connectivity index (χ4n) is 3.41. The van der Waals surface area contributed by atoms with E-state index in [1.165, 1.54) is 24.5 Å². The largest absolute Gasteiger partial charge is 0.425 e. The van der Waals surface area contributed by atoms with Gasteiger partial charge in [-0.1, -0.05) is 12.1 Å². The topological polar surface area (TPSA) is 68.1 Å². The second kappa shape index (κ2) is 8.65. The highest BCUT2D eigenvalue weighted by Crippen LogP contribution is 2.34. The van der Waals surface area contributed by atoms with Gasteiger partial charge in [-0.3, -0.25) is 9.36 Å². The van der Waals surface area contributed by atoms with Gasteiger partial charge in [-0.2, -0.15) is 18.2 Å². The van der Waals surface area contributed by atoms with Crippen molar-refractivity contribution in [1.82, 2.24) is 14.5 Å². The van der Waals surface area contributed by atoms with Crippen LogP contribution in [0.15, 0.2) is 47.5 Å². The monoisotopic (exact) mass is 464 g/mol. The van der Waals surface area contributed by atoms with Crippen LogP contribution >= 0.6 is 11.3 Å². The maximum atomic E-state index is 13.4. The number of alkyl halides is 3. The molecule has 0 saturated carbocycles. The quantitative estimate of drug-likeness (QED) is 0.422. The molecule has 0 atom stereocenters. The van der Waals surface area contributed by atoms with Crippen molar-refractivity contribution in [3.05, 3.63) is 79.9 Å². The zero-order valence-corrected chi connectivity index (χ0v) is 17.3. The average molecular weight is 464 g/mol. The van der Waals surface area contributed by atoms with E-state index < -0.39 is 22.6 Å². The Hall–Kier alpha value is -3.34. The number of aromatic nitrogens is 3. The smallest absolute Gasteiger partial charge is 0.337 e. The molecule has 32 heavy (non-hydrogen) atoms. The standard InChI is InChI=1S/C21H16F4N4O2S/c22-15-1-3-17(14(9-15)11-30)13-5-7-28(8-6-13)19-26-12-29(20(31)27-19)10-16-2-4-18(32-16)21(23,24)25/h1-5,9,11-12H,6-8,10H2. The van der Waals surface area contributed by atoms with Crippen LogP contribution < -0.4 is 10.6 Å². The molecule has 3 aromatic rings. The number of rotatable bonds is 5. The van der Waals surface area contributed by atoms with E-state index in [1.54, 1.807) is 11.0 Å². The molecule has 4 rings (SSSR count). The molecule has 0 bridgehead atoms. The van der Waals surface area contributed by atoms with Gasteiger partial charge in [-0.05, 0) is 41.8 Å². The third-order valence-corrected chi connectivity index (χ3v) is 6.11. The highest BCUT2D eigenvalue weighted by molar-refractivity contribution is 7.12. The first kappa shape index (κ1) is 21.9. The molecule has 0 aliphatic carbocycles. The Morgan fingerprint density at radius 2 is 2.00 bits per heavy atom. The summed E-state index contributed by atoms with van der Waals surface area (Å²) in [5.74, 6) is -0.279. The molecule has 3 heterocycles. The van der Waals surface area contributed by atoms with Crippen LogP contribution in [-0.2, 0) is 12.7 Å². The first-order valence-corrected chi connectivity index (χ1v) is 10.3. The molecule has 0 unspecified atom stereocenters. The van der Waals surface area contributed by atoms with Crippen molar-refractivity contribution in [2.75, 3.05) is 18.0 Å². The SMILES string of the molecule is O=Cc1cc(F)ccc1C1=CCN(c2ncn(Cc3ccc(C(F)(F)F)s3)c(=O)n2)CC1. The maximum absolute atomic E-state index is 13.4. The fourth-order valence-corrected chi connectivity index (χ4v) is 4.29. The van der Waals surface area contributed by atoms with Crippen molar-refractivity contribution < 1.29 is 22.4 Å². The van der Waals surface area contributed by atoms with Crippen LogP contribution in [0.25, 0.3) is 5.57 Å². The van der Waals surface area contributed by atoms with Gasteiger partial charge in [0.05, 0.1) is 6.54 Å². The number of benzene rings is 1. The number of hydrogen-bond donors (Lipinski definition) is 0. The lowest BCUT2D eigenvalue weighted by Crippen LogP contribution is -2.34. The van der Waals surface area contributed by atoms with Gasteiger partial charge < -0.3 is 4.90 Å². The number of hydrogen-bond acceptors (Lipinski definition) is 6. The average Bonchev–Trinajstić information content (AvgIpc) is 3.24. The Balaban J connectivity index is 1.48. The maximum Gasteiger partial charge on any atom is 0.425 e. The number of halogens is 4. The summed E-state index contributed by atoms with van der Waals surface area (Å²) >= 11 is 0.571. The van der Waals surface area contributed by atoms with Gasteiger partial charge in [0.25, 0.3) is 0 Å². The number of carbonyl (C=O) groups excluding carboxylic acids is 1. The van der Waals surface area contributed by atoms with Gasteiger partial charge in [-0.25, -0.2) is 14.2 Å². The van der Waals surface area contributed by atoms with E-state index in [0.717, 1.165) is 16.2 Å². The summed E-state index contributed by atoms with van der Waals surface area (Å²) in [4.78, 5) is 33.2. The third-order valence-electron chi connectivity index (χ3n) is 5.00. The summed E-state index contributed by atoms with van der Waals surface area (Å²) in [5, 5.41) is 0. The zero-order chi connectivity index (χ0) is 22.9. The van der Waals surface area contributed by atoms with Crippen molar-refractivity contribution in [2.45, 2.75) is 19.1 Å². The van der Waals surface area contributed by atoms with Crippen LogP contribution in [-0.4, -0.2) is 33.9 Å². The Morgan fingerprint density at radius 3 is 2.62 bits per heavy atom. The minimum atomic E-state index is -4.42. The second-order valence-corrected chi connectivity index (χ2v) is 8.27. The van der Waals surface area contributed by atoms with Gasteiger partial charge in [0.1, 0.15) is 17.0 Å². The van der Waals surface area contributed by atoms with Gasteiger partial charge in [-0.15, -0.1) is 11.3 Å². The Labute approximate surface area is 183 Å². The van der Waals surface area contributed by atoms with Crippen LogP contribution in [0.5, 0.6) is 0 Å². The normalized spacial score (nSPS) is 14.4. The van der Waals surface area contributed by atoms with Gasteiger partial charge >= 0.3 is 11.9 Å². The molecule has 0 fully saturated rings. The predicted molar refractivity (Wildman–Crippen MR) is 111 cm³/mol. The third kappa shape index (κ3) is 4.62. The molecule has 6 nitrogen and oxygen atoms in total. The Morgan fingerprint density at radius 1 is 1.19 bits per heavy atom. The number of anilines is 1. The molecule has 2 aromatic heterocycles. The molecular formula is C21H16F4N4O2S. The van der Waals surface area contributed by atoms with Crippen molar-refractivity contribution >= 4 is 29.1 Å². The van der Waals surface area contributed by atoms with E-state index >= 15 is 0 Å². The fraction of sp³-hybridized carbons (Fsp3) is 0.238. The summed E-state index contributed by atoms with van der Waals surface area (Å²) < 4.78 is 52.8. The van der Waals surface area contributed by atoms with Crippen LogP contribution in [0.3, 0.4) is 0 Å². The van der Waals surface area contributed by atoms with Gasteiger partial charge in [0.2, 0.25) is 5.95 Å². The molecule has 1 aliphatic rings. The van der Waals surface area contributed by atoms with E-state index in [4.69, 9.17) is 0 Å². The summed E-state index contributed by atoms with van der Waals surface area (Å²) in [6.07, 6.45) is -0.145. The van der Waals surface area contributed by atoms with E-state index in [2.05, 4.69) is 9.97 Å². The summed E-state index contributed by atoms with van der Waals surface area (Å²) in [7, 11) is 0. The van der Waals surface area contributed by atoms with Crippen LogP contribution in [0.4, 0.5) is 23.5 Å². The number of carbonyl (C=O) groups is 1. The molecule has 11 heteroatoms. The van der Waals surface area contributed by atoms with E-state index in [9.17, 15) is 27.2 Å². The first-order chi connectivity index (χ1) is 15.2. The lowest BCUT2D eigenvalue weighted by atomic mass is 9.95. The van der Waals surface area contributed by atoms with E-state index in [0.29, 0.717) is 47.6 Å². The highest BCUT2D eigenvalue weighted by Gasteiger charge is 2.32. The molecule has 0 radical (unpaired) electrons. The number of nitrogens with zero attached hydrogens (tertiary/aromatic N) is 4. The van der Waals surface area contributed by atoms with Gasteiger partial charge in [0.15, 0.2) is 6.29 Å².